The summed E-state index contributed by atoms with van der Waals surface area (Å²) in [6.45, 7) is 1.95. The highest BCUT2D eigenvalue weighted by Crippen LogP contribution is 2.05. The maximum Gasteiger partial charge on any atom is 0.255 e. The van der Waals surface area contributed by atoms with Crippen LogP contribution in [0.3, 0.4) is 0 Å². The van der Waals surface area contributed by atoms with Gasteiger partial charge in [-0.2, -0.15) is 9.41 Å². The van der Waals surface area contributed by atoms with Gasteiger partial charge in [-0.05, 0) is 24.5 Å². The maximum atomic E-state index is 12.0. The van der Waals surface area contributed by atoms with Crippen molar-refractivity contribution in [3.05, 3.63) is 71.3 Å². The van der Waals surface area contributed by atoms with E-state index in [9.17, 15) is 13.2 Å². The number of hydrogen-bond acceptors (Lipinski definition) is 4. The van der Waals surface area contributed by atoms with Gasteiger partial charge in [-0.15, -0.1) is 0 Å². The van der Waals surface area contributed by atoms with Gasteiger partial charge in [0.15, 0.2) is 0 Å². The van der Waals surface area contributed by atoms with Crippen molar-refractivity contribution in [2.45, 2.75) is 13.3 Å². The van der Waals surface area contributed by atoms with Gasteiger partial charge in [0, 0.05) is 6.54 Å². The molecule has 0 fully saturated rings. The van der Waals surface area contributed by atoms with E-state index in [-0.39, 0.29) is 13.1 Å². The van der Waals surface area contributed by atoms with Crippen molar-refractivity contribution in [3.8, 4) is 0 Å². The molecule has 1 amide bonds. The van der Waals surface area contributed by atoms with E-state index in [4.69, 9.17) is 0 Å². The van der Waals surface area contributed by atoms with Crippen LogP contribution in [-0.2, 0) is 21.2 Å². The van der Waals surface area contributed by atoms with Crippen LogP contribution in [0.5, 0.6) is 0 Å². The quantitative estimate of drug-likeness (QED) is 0.567. The molecule has 26 heavy (non-hydrogen) atoms. The Hall–Kier alpha value is -2.51. The summed E-state index contributed by atoms with van der Waals surface area (Å²) >= 11 is 0. The minimum absolute atomic E-state index is 0.234. The van der Waals surface area contributed by atoms with E-state index >= 15 is 0 Å². The molecule has 0 saturated heterocycles. The van der Waals surface area contributed by atoms with Crippen LogP contribution in [0, 0.1) is 6.92 Å². The Morgan fingerprint density at radius 3 is 2.38 bits per heavy atom. The molecule has 6 nitrogen and oxygen atoms in total. The number of aryl methyl sites for hydroxylation is 1. The molecule has 0 radical (unpaired) electrons. The summed E-state index contributed by atoms with van der Waals surface area (Å²) in [5, 5.41) is 3.88. The Labute approximate surface area is 154 Å². The van der Waals surface area contributed by atoms with Gasteiger partial charge in [0.05, 0.1) is 19.0 Å². The van der Waals surface area contributed by atoms with E-state index in [1.807, 2.05) is 61.5 Å². The van der Waals surface area contributed by atoms with Crippen molar-refractivity contribution in [3.63, 3.8) is 0 Å². The SMILES string of the molecule is Cc1ccc(/C=N/NC(=O)CN(CCc2ccccc2)S(C)(=O)=O)cc1. The van der Waals surface area contributed by atoms with Crippen LogP contribution >= 0.6 is 0 Å². The second-order valence-electron chi connectivity index (χ2n) is 6.04. The fourth-order valence-corrected chi connectivity index (χ4v) is 3.06. The summed E-state index contributed by atoms with van der Waals surface area (Å²) < 4.78 is 25.0. The van der Waals surface area contributed by atoms with Crippen molar-refractivity contribution < 1.29 is 13.2 Å². The average Bonchev–Trinajstić information content (AvgIpc) is 2.60. The highest BCUT2D eigenvalue weighted by Gasteiger charge is 2.19. The predicted molar refractivity (Wildman–Crippen MR) is 103 cm³/mol. The van der Waals surface area contributed by atoms with Gasteiger partial charge in [-0.1, -0.05) is 60.2 Å². The lowest BCUT2D eigenvalue weighted by Crippen LogP contribution is -2.40. The minimum atomic E-state index is -3.49. The van der Waals surface area contributed by atoms with Crippen LogP contribution in [0.15, 0.2) is 59.7 Å². The molecular weight excluding hydrogens is 350 g/mol. The first-order valence-corrected chi connectivity index (χ1v) is 10.1. The molecule has 2 aromatic carbocycles. The van der Waals surface area contributed by atoms with E-state index in [1.54, 1.807) is 0 Å². The number of carbonyl (C=O) groups excluding carboxylic acids is 1. The first-order chi connectivity index (χ1) is 12.3. The molecule has 138 valence electrons. The topological polar surface area (TPSA) is 78.8 Å². The van der Waals surface area contributed by atoms with E-state index in [1.165, 1.54) is 6.21 Å². The van der Waals surface area contributed by atoms with Crippen molar-refractivity contribution in [1.82, 2.24) is 9.73 Å². The Morgan fingerprint density at radius 1 is 1.12 bits per heavy atom. The monoisotopic (exact) mass is 373 g/mol. The van der Waals surface area contributed by atoms with Crippen LogP contribution in [0.4, 0.5) is 0 Å². The molecule has 0 saturated carbocycles. The molecule has 0 aliphatic heterocycles. The highest BCUT2D eigenvalue weighted by molar-refractivity contribution is 7.88. The number of carbonyl (C=O) groups is 1. The normalized spacial score (nSPS) is 11.8. The second kappa shape index (κ2) is 9.26. The van der Waals surface area contributed by atoms with Gasteiger partial charge in [-0.3, -0.25) is 4.79 Å². The molecule has 0 aliphatic carbocycles. The molecule has 2 aromatic rings. The zero-order valence-electron chi connectivity index (χ0n) is 14.9. The third-order valence-electron chi connectivity index (χ3n) is 3.76. The Bertz CT molecular complexity index is 847. The standard InChI is InChI=1S/C19H23N3O3S/c1-16-8-10-18(11-9-16)14-20-21-19(23)15-22(26(2,24)25)13-12-17-6-4-3-5-7-17/h3-11,14H,12-13,15H2,1-2H3,(H,21,23)/b20-14+. The molecule has 7 heteroatoms. The summed E-state index contributed by atoms with van der Waals surface area (Å²) in [6.07, 6.45) is 3.15. The molecule has 1 N–H and O–H groups in total. The molecule has 0 aliphatic rings. The molecule has 2 rings (SSSR count). The highest BCUT2D eigenvalue weighted by atomic mass is 32.2. The van der Waals surface area contributed by atoms with E-state index in [0.29, 0.717) is 6.42 Å². The zero-order chi connectivity index (χ0) is 19.0. The Kier molecular flexibility index (Phi) is 7.06. The van der Waals surface area contributed by atoms with Crippen LogP contribution in [0.25, 0.3) is 0 Å². The van der Waals surface area contributed by atoms with Gasteiger partial charge in [-0.25, -0.2) is 13.8 Å². The largest absolute Gasteiger partial charge is 0.272 e. The molecule has 0 spiro atoms. The minimum Gasteiger partial charge on any atom is -0.272 e. The number of amides is 1. The summed E-state index contributed by atoms with van der Waals surface area (Å²) in [7, 11) is -3.49. The smallest absolute Gasteiger partial charge is 0.255 e. The first-order valence-electron chi connectivity index (χ1n) is 8.22. The Balaban J connectivity index is 1.90. The molecule has 0 atom stereocenters. The maximum absolute atomic E-state index is 12.0. The third-order valence-corrected chi connectivity index (χ3v) is 5.01. The Morgan fingerprint density at radius 2 is 1.77 bits per heavy atom. The lowest BCUT2D eigenvalue weighted by molar-refractivity contribution is -0.121. The number of rotatable bonds is 8. The molecule has 0 heterocycles. The summed E-state index contributed by atoms with van der Waals surface area (Å²) in [4.78, 5) is 12.0. The van der Waals surface area contributed by atoms with E-state index < -0.39 is 15.9 Å². The summed E-state index contributed by atoms with van der Waals surface area (Å²) in [5.41, 5.74) is 5.36. The van der Waals surface area contributed by atoms with Crippen LogP contribution < -0.4 is 5.43 Å². The van der Waals surface area contributed by atoms with Gasteiger partial charge in [0.2, 0.25) is 10.0 Å². The van der Waals surface area contributed by atoms with Crippen LogP contribution in [0.2, 0.25) is 0 Å². The lowest BCUT2D eigenvalue weighted by Gasteiger charge is -2.18. The molecule has 0 aromatic heterocycles. The third kappa shape index (κ3) is 6.78. The van der Waals surface area contributed by atoms with Crippen molar-refractivity contribution in [2.24, 2.45) is 5.10 Å². The fraction of sp³-hybridized carbons (Fsp3) is 0.263. The number of hydrazone groups is 1. The van der Waals surface area contributed by atoms with Gasteiger partial charge >= 0.3 is 0 Å². The fourth-order valence-electron chi connectivity index (χ4n) is 2.29. The summed E-state index contributed by atoms with van der Waals surface area (Å²) in [5.74, 6) is -0.480. The number of sulfonamides is 1. The number of hydrogen-bond donors (Lipinski definition) is 1. The van der Waals surface area contributed by atoms with Gasteiger partial charge in [0.25, 0.3) is 5.91 Å². The van der Waals surface area contributed by atoms with E-state index in [2.05, 4.69) is 10.5 Å². The number of nitrogens with one attached hydrogen (secondary N) is 1. The average molecular weight is 373 g/mol. The number of nitrogens with zero attached hydrogens (tertiary/aromatic N) is 2. The van der Waals surface area contributed by atoms with Gasteiger partial charge < -0.3 is 0 Å². The summed E-state index contributed by atoms with van der Waals surface area (Å²) in [6, 6.07) is 17.2. The van der Waals surface area contributed by atoms with Crippen LogP contribution in [-0.4, -0.2) is 44.2 Å². The molecule has 0 unspecified atom stereocenters. The molecule has 0 bridgehead atoms. The zero-order valence-corrected chi connectivity index (χ0v) is 15.7. The van der Waals surface area contributed by atoms with Crippen molar-refractivity contribution >= 4 is 22.1 Å². The van der Waals surface area contributed by atoms with Crippen LogP contribution in [0.1, 0.15) is 16.7 Å². The predicted octanol–water partition coefficient (Wildman–Crippen LogP) is 1.95. The van der Waals surface area contributed by atoms with E-state index in [0.717, 1.165) is 27.3 Å². The van der Waals surface area contributed by atoms with Crippen molar-refractivity contribution in [1.29, 1.82) is 0 Å². The molecular formula is C19H23N3O3S. The first kappa shape index (κ1) is 19.8. The number of benzene rings is 2. The van der Waals surface area contributed by atoms with Crippen molar-refractivity contribution in [2.75, 3.05) is 19.3 Å². The van der Waals surface area contributed by atoms with Gasteiger partial charge in [0.1, 0.15) is 0 Å². The second-order valence-corrected chi connectivity index (χ2v) is 8.02. The lowest BCUT2D eigenvalue weighted by atomic mass is 10.1.